The molecule has 4 atom stereocenters. The number of halogens is 1. The van der Waals surface area contributed by atoms with Crippen molar-refractivity contribution in [2.45, 2.75) is 63.3 Å². The van der Waals surface area contributed by atoms with Crippen molar-refractivity contribution in [1.82, 2.24) is 19.5 Å². The van der Waals surface area contributed by atoms with E-state index in [9.17, 15) is 9.50 Å². The molecule has 0 unspecified atom stereocenters. The summed E-state index contributed by atoms with van der Waals surface area (Å²) in [6.07, 6.45) is 1.29. The average molecular weight is 337 g/mol. The van der Waals surface area contributed by atoms with Gasteiger partial charge in [0.05, 0.1) is 12.4 Å². The Kier molecular flexibility index (Phi) is 3.76. The summed E-state index contributed by atoms with van der Waals surface area (Å²) in [6.45, 7) is 1.57. The molecule has 2 fully saturated rings. The Hall–Kier alpha value is -2.00. The number of ether oxygens (including phenoxy) is 2. The van der Waals surface area contributed by atoms with Gasteiger partial charge in [0.1, 0.15) is 12.2 Å². The SMILES string of the molecule is C[C@H]1O[C@@H](n2cnc3c(N)nc(OC4CCCC4)nc32)[C@H](O)[C@H]1F. The number of hydrogen-bond acceptors (Lipinski definition) is 7. The highest BCUT2D eigenvalue weighted by molar-refractivity contribution is 5.82. The molecule has 1 saturated heterocycles. The zero-order chi connectivity index (χ0) is 16.8. The van der Waals surface area contributed by atoms with E-state index in [-0.39, 0.29) is 17.9 Å². The number of nitrogen functional groups attached to an aromatic ring is 1. The van der Waals surface area contributed by atoms with Gasteiger partial charge in [-0.3, -0.25) is 4.57 Å². The second kappa shape index (κ2) is 5.82. The largest absolute Gasteiger partial charge is 0.460 e. The first-order valence-corrected chi connectivity index (χ1v) is 8.19. The first kappa shape index (κ1) is 15.5. The predicted octanol–water partition coefficient (Wildman–Crippen LogP) is 1.35. The van der Waals surface area contributed by atoms with Crippen LogP contribution in [-0.4, -0.2) is 49.1 Å². The van der Waals surface area contributed by atoms with Crippen molar-refractivity contribution in [2.24, 2.45) is 0 Å². The topological polar surface area (TPSA) is 108 Å². The molecule has 8 nitrogen and oxygen atoms in total. The lowest BCUT2D eigenvalue weighted by Crippen LogP contribution is -2.27. The third-order valence-corrected chi connectivity index (χ3v) is 4.70. The number of nitrogens with two attached hydrogens (primary N) is 1. The van der Waals surface area contributed by atoms with Crippen LogP contribution in [0.3, 0.4) is 0 Å². The third-order valence-electron chi connectivity index (χ3n) is 4.70. The van der Waals surface area contributed by atoms with E-state index in [1.807, 2.05) is 0 Å². The number of aromatic nitrogens is 4. The van der Waals surface area contributed by atoms with E-state index in [0.717, 1.165) is 25.7 Å². The monoisotopic (exact) mass is 337 g/mol. The predicted molar refractivity (Wildman–Crippen MR) is 83.1 cm³/mol. The molecule has 130 valence electrons. The summed E-state index contributed by atoms with van der Waals surface area (Å²) in [6, 6.07) is 0.172. The fourth-order valence-corrected chi connectivity index (χ4v) is 3.35. The molecule has 2 aromatic rings. The van der Waals surface area contributed by atoms with Gasteiger partial charge in [-0.2, -0.15) is 9.97 Å². The van der Waals surface area contributed by atoms with Crippen molar-refractivity contribution in [1.29, 1.82) is 0 Å². The Labute approximate surface area is 137 Å². The summed E-state index contributed by atoms with van der Waals surface area (Å²) >= 11 is 0. The number of aliphatic hydroxyl groups is 1. The molecule has 4 rings (SSSR count). The number of hydrogen-bond donors (Lipinski definition) is 2. The number of fused-ring (bicyclic) bond motifs is 1. The van der Waals surface area contributed by atoms with Crippen LogP contribution in [0.4, 0.5) is 10.2 Å². The van der Waals surface area contributed by atoms with Gasteiger partial charge in [-0.15, -0.1) is 0 Å². The molecule has 1 aliphatic heterocycles. The molecule has 0 radical (unpaired) electrons. The maximum absolute atomic E-state index is 13.9. The molecular formula is C15H20FN5O3. The lowest BCUT2D eigenvalue weighted by atomic mass is 10.2. The van der Waals surface area contributed by atoms with E-state index >= 15 is 0 Å². The molecule has 1 aliphatic carbocycles. The van der Waals surface area contributed by atoms with E-state index in [1.165, 1.54) is 10.9 Å². The Morgan fingerprint density at radius 2 is 2.12 bits per heavy atom. The van der Waals surface area contributed by atoms with Crippen LogP contribution in [0.1, 0.15) is 38.8 Å². The summed E-state index contributed by atoms with van der Waals surface area (Å²) in [5.74, 6) is 0.184. The highest BCUT2D eigenvalue weighted by Crippen LogP contribution is 2.34. The lowest BCUT2D eigenvalue weighted by Gasteiger charge is -2.17. The van der Waals surface area contributed by atoms with Crippen molar-refractivity contribution in [2.75, 3.05) is 5.73 Å². The summed E-state index contributed by atoms with van der Waals surface area (Å²) in [5.41, 5.74) is 6.68. The minimum Gasteiger partial charge on any atom is -0.460 e. The molecule has 1 saturated carbocycles. The Morgan fingerprint density at radius 1 is 1.38 bits per heavy atom. The highest BCUT2D eigenvalue weighted by atomic mass is 19.1. The molecule has 3 N–H and O–H groups in total. The number of imidazole rings is 1. The van der Waals surface area contributed by atoms with Gasteiger partial charge in [0.2, 0.25) is 0 Å². The summed E-state index contributed by atoms with van der Waals surface area (Å²) in [5, 5.41) is 10.1. The van der Waals surface area contributed by atoms with Gasteiger partial charge in [0.15, 0.2) is 29.4 Å². The standard InChI is InChI=1S/C15H20FN5O3/c1-7-9(16)11(22)14(23-7)21-6-18-10-12(17)19-15(20-13(10)21)24-8-4-2-3-5-8/h6-9,11,14,22H,2-5H2,1H3,(H2,17,19,20)/t7-,9+,11-,14-/m1/s1. The van der Waals surface area contributed by atoms with Gasteiger partial charge in [0, 0.05) is 0 Å². The fourth-order valence-electron chi connectivity index (χ4n) is 3.35. The van der Waals surface area contributed by atoms with Gasteiger partial charge < -0.3 is 20.3 Å². The normalized spacial score (nSPS) is 31.1. The first-order valence-electron chi connectivity index (χ1n) is 8.19. The van der Waals surface area contributed by atoms with Gasteiger partial charge in [-0.05, 0) is 32.6 Å². The molecular weight excluding hydrogens is 317 g/mol. The molecule has 0 spiro atoms. The third kappa shape index (κ3) is 2.48. The molecule has 2 aliphatic rings. The number of anilines is 1. The zero-order valence-corrected chi connectivity index (χ0v) is 13.3. The second-order valence-electron chi connectivity index (χ2n) is 6.41. The van der Waals surface area contributed by atoms with Crippen molar-refractivity contribution in [3.63, 3.8) is 0 Å². The molecule has 0 amide bonds. The van der Waals surface area contributed by atoms with Crippen molar-refractivity contribution >= 4 is 17.0 Å². The summed E-state index contributed by atoms with van der Waals surface area (Å²) in [7, 11) is 0. The molecule has 3 heterocycles. The van der Waals surface area contributed by atoms with Crippen molar-refractivity contribution in [3.8, 4) is 6.01 Å². The minimum absolute atomic E-state index is 0.0850. The van der Waals surface area contributed by atoms with E-state index < -0.39 is 24.6 Å². The van der Waals surface area contributed by atoms with Crippen LogP contribution in [0, 0.1) is 0 Å². The molecule has 2 aromatic heterocycles. The van der Waals surface area contributed by atoms with Crippen LogP contribution < -0.4 is 10.5 Å². The smallest absolute Gasteiger partial charge is 0.320 e. The molecule has 9 heteroatoms. The van der Waals surface area contributed by atoms with E-state index in [1.54, 1.807) is 6.92 Å². The average Bonchev–Trinajstić information content (AvgIpc) is 3.25. The van der Waals surface area contributed by atoms with Gasteiger partial charge >= 0.3 is 6.01 Å². The van der Waals surface area contributed by atoms with Crippen LogP contribution in [0.2, 0.25) is 0 Å². The van der Waals surface area contributed by atoms with Gasteiger partial charge in [-0.1, -0.05) is 0 Å². The van der Waals surface area contributed by atoms with Gasteiger partial charge in [-0.25, -0.2) is 9.37 Å². The molecule has 0 aromatic carbocycles. The second-order valence-corrected chi connectivity index (χ2v) is 6.41. The minimum atomic E-state index is -1.47. The Morgan fingerprint density at radius 3 is 2.79 bits per heavy atom. The van der Waals surface area contributed by atoms with Crippen LogP contribution in [0.15, 0.2) is 6.33 Å². The van der Waals surface area contributed by atoms with E-state index in [0.29, 0.717) is 11.2 Å². The number of nitrogens with zero attached hydrogens (tertiary/aromatic N) is 4. The molecule has 24 heavy (non-hydrogen) atoms. The van der Waals surface area contributed by atoms with E-state index in [2.05, 4.69) is 15.0 Å². The first-order chi connectivity index (χ1) is 11.5. The van der Waals surface area contributed by atoms with E-state index in [4.69, 9.17) is 15.2 Å². The number of aliphatic hydroxyl groups excluding tert-OH is 1. The number of rotatable bonds is 3. The molecule has 0 bridgehead atoms. The summed E-state index contributed by atoms with van der Waals surface area (Å²) in [4.78, 5) is 12.7. The van der Waals surface area contributed by atoms with Crippen LogP contribution in [0.5, 0.6) is 6.01 Å². The fraction of sp³-hybridized carbons (Fsp3) is 0.667. The van der Waals surface area contributed by atoms with Crippen LogP contribution >= 0.6 is 0 Å². The van der Waals surface area contributed by atoms with Crippen molar-refractivity contribution in [3.05, 3.63) is 6.33 Å². The maximum atomic E-state index is 13.9. The number of alkyl halides is 1. The maximum Gasteiger partial charge on any atom is 0.320 e. The summed E-state index contributed by atoms with van der Waals surface area (Å²) < 4.78 is 26.7. The van der Waals surface area contributed by atoms with Gasteiger partial charge in [0.25, 0.3) is 0 Å². The highest BCUT2D eigenvalue weighted by Gasteiger charge is 2.43. The Bertz CT molecular complexity index is 748. The Balaban J connectivity index is 1.70. The lowest BCUT2D eigenvalue weighted by molar-refractivity contribution is -0.0298. The van der Waals surface area contributed by atoms with Crippen molar-refractivity contribution < 1.29 is 19.0 Å². The van der Waals surface area contributed by atoms with Crippen LogP contribution in [-0.2, 0) is 4.74 Å². The van der Waals surface area contributed by atoms with Crippen LogP contribution in [0.25, 0.3) is 11.2 Å². The zero-order valence-electron chi connectivity index (χ0n) is 13.3. The quantitative estimate of drug-likeness (QED) is 0.870.